The highest BCUT2D eigenvalue weighted by molar-refractivity contribution is 5.74. The minimum atomic E-state index is -0.0493. The molecule has 0 unspecified atom stereocenters. The van der Waals surface area contributed by atoms with Crippen LogP contribution in [-0.4, -0.2) is 38.2 Å². The summed E-state index contributed by atoms with van der Waals surface area (Å²) in [5.74, 6) is 0.604. The first kappa shape index (κ1) is 13.8. The maximum atomic E-state index is 11.7. The van der Waals surface area contributed by atoms with Crippen LogP contribution in [0.25, 0.3) is 5.78 Å². The van der Waals surface area contributed by atoms with E-state index in [0.717, 1.165) is 31.2 Å². The van der Waals surface area contributed by atoms with Gasteiger partial charge in [-0.25, -0.2) is 14.3 Å². The summed E-state index contributed by atoms with van der Waals surface area (Å²) in [7, 11) is 0. The van der Waals surface area contributed by atoms with Crippen molar-refractivity contribution < 1.29 is 4.79 Å². The van der Waals surface area contributed by atoms with E-state index in [0.29, 0.717) is 18.4 Å². The van der Waals surface area contributed by atoms with Gasteiger partial charge < -0.3 is 10.6 Å². The molecular formula is C14H20N6O. The van der Waals surface area contributed by atoms with Gasteiger partial charge in [0.25, 0.3) is 5.78 Å². The van der Waals surface area contributed by atoms with Gasteiger partial charge in [0.05, 0.1) is 0 Å². The van der Waals surface area contributed by atoms with Gasteiger partial charge in [0.1, 0.15) is 6.33 Å². The zero-order valence-electron chi connectivity index (χ0n) is 12.0. The van der Waals surface area contributed by atoms with Gasteiger partial charge in [-0.05, 0) is 31.2 Å². The van der Waals surface area contributed by atoms with E-state index in [1.54, 1.807) is 4.52 Å². The van der Waals surface area contributed by atoms with Crippen LogP contribution < -0.4 is 10.6 Å². The Bertz CT molecular complexity index is 604. The maximum absolute atomic E-state index is 11.7. The lowest BCUT2D eigenvalue weighted by atomic mass is 10.2. The lowest BCUT2D eigenvalue weighted by Gasteiger charge is -2.12. The molecule has 7 heteroatoms. The van der Waals surface area contributed by atoms with Crippen molar-refractivity contribution in [2.45, 2.75) is 44.6 Å². The smallest absolute Gasteiger partial charge is 0.315 e. The third kappa shape index (κ3) is 3.68. The lowest BCUT2D eigenvalue weighted by Crippen LogP contribution is -2.41. The van der Waals surface area contributed by atoms with Crippen molar-refractivity contribution in [3.8, 4) is 0 Å². The van der Waals surface area contributed by atoms with Crippen LogP contribution in [0.15, 0.2) is 18.7 Å². The molecule has 0 atom stereocenters. The van der Waals surface area contributed by atoms with Crippen molar-refractivity contribution in [3.05, 3.63) is 24.3 Å². The van der Waals surface area contributed by atoms with Crippen LogP contribution in [-0.2, 0) is 6.42 Å². The van der Waals surface area contributed by atoms with Crippen LogP contribution in [0.2, 0.25) is 0 Å². The van der Waals surface area contributed by atoms with Crippen LogP contribution >= 0.6 is 0 Å². The summed E-state index contributed by atoms with van der Waals surface area (Å²) in [6.45, 7) is 0.661. The fourth-order valence-corrected chi connectivity index (χ4v) is 2.69. The highest BCUT2D eigenvalue weighted by Crippen LogP contribution is 2.17. The molecule has 0 saturated heterocycles. The van der Waals surface area contributed by atoms with Gasteiger partial charge in [-0.1, -0.05) is 12.8 Å². The number of nitrogens with zero attached hydrogens (tertiary/aromatic N) is 4. The van der Waals surface area contributed by atoms with Crippen molar-refractivity contribution in [3.63, 3.8) is 0 Å². The molecule has 0 radical (unpaired) electrons. The van der Waals surface area contributed by atoms with Gasteiger partial charge >= 0.3 is 6.03 Å². The quantitative estimate of drug-likeness (QED) is 0.812. The Morgan fingerprint density at radius 3 is 3.05 bits per heavy atom. The second-order valence-electron chi connectivity index (χ2n) is 5.45. The first-order chi connectivity index (χ1) is 10.3. The van der Waals surface area contributed by atoms with Gasteiger partial charge in [-0.3, -0.25) is 0 Å². The Balaban J connectivity index is 1.38. The fraction of sp³-hybridized carbons (Fsp3) is 0.571. The van der Waals surface area contributed by atoms with E-state index in [1.165, 1.54) is 19.2 Å². The number of urea groups is 1. The van der Waals surface area contributed by atoms with Crippen molar-refractivity contribution in [1.82, 2.24) is 30.2 Å². The zero-order valence-corrected chi connectivity index (χ0v) is 12.0. The molecule has 2 heterocycles. The zero-order chi connectivity index (χ0) is 14.5. The highest BCUT2D eigenvalue weighted by Gasteiger charge is 2.16. The Hall–Kier alpha value is -2.18. The van der Waals surface area contributed by atoms with Crippen LogP contribution in [0.3, 0.4) is 0 Å². The summed E-state index contributed by atoms with van der Waals surface area (Å²) in [4.78, 5) is 19.9. The summed E-state index contributed by atoms with van der Waals surface area (Å²) in [5, 5.41) is 9.98. The van der Waals surface area contributed by atoms with E-state index in [9.17, 15) is 4.79 Å². The summed E-state index contributed by atoms with van der Waals surface area (Å²) in [6.07, 6.45) is 11.6. The molecule has 2 aromatic heterocycles. The van der Waals surface area contributed by atoms with E-state index >= 15 is 0 Å². The van der Waals surface area contributed by atoms with Gasteiger partial charge in [-0.15, -0.1) is 0 Å². The van der Waals surface area contributed by atoms with Crippen molar-refractivity contribution in [2.24, 2.45) is 0 Å². The number of carbonyl (C=O) groups excluding carboxylic acids is 1. The molecule has 2 amide bonds. The number of aryl methyl sites for hydroxylation is 1. The van der Waals surface area contributed by atoms with E-state index in [4.69, 9.17) is 0 Å². The molecule has 1 fully saturated rings. The molecule has 3 rings (SSSR count). The first-order valence-electron chi connectivity index (χ1n) is 7.50. The molecule has 2 aromatic rings. The molecular weight excluding hydrogens is 268 g/mol. The van der Waals surface area contributed by atoms with Gasteiger partial charge in [0, 0.05) is 25.0 Å². The lowest BCUT2D eigenvalue weighted by molar-refractivity contribution is 0.237. The molecule has 0 aliphatic heterocycles. The average Bonchev–Trinajstić information content (AvgIpc) is 3.14. The molecule has 0 spiro atoms. The summed E-state index contributed by atoms with van der Waals surface area (Å²) < 4.78 is 1.66. The minimum Gasteiger partial charge on any atom is -0.338 e. The van der Waals surface area contributed by atoms with Gasteiger partial charge in [-0.2, -0.15) is 10.1 Å². The predicted octanol–water partition coefficient (Wildman–Crippen LogP) is 1.30. The van der Waals surface area contributed by atoms with Gasteiger partial charge in [0.2, 0.25) is 0 Å². The Morgan fingerprint density at radius 1 is 1.33 bits per heavy atom. The fourth-order valence-electron chi connectivity index (χ4n) is 2.69. The standard InChI is InChI=1S/C14H20N6O/c21-14(19-12-5-1-2-6-12)15-7-3-4-11-8-16-13-17-10-18-20(13)9-11/h8-10,12H,1-7H2,(H2,15,19,21). The Kier molecular flexibility index (Phi) is 4.28. The largest absolute Gasteiger partial charge is 0.338 e. The summed E-state index contributed by atoms with van der Waals surface area (Å²) in [5.41, 5.74) is 1.09. The monoisotopic (exact) mass is 288 g/mol. The molecule has 1 aliphatic rings. The molecule has 2 N–H and O–H groups in total. The number of fused-ring (bicyclic) bond motifs is 1. The van der Waals surface area contributed by atoms with E-state index < -0.39 is 0 Å². The highest BCUT2D eigenvalue weighted by atomic mass is 16.2. The normalized spacial score (nSPS) is 15.4. The molecule has 21 heavy (non-hydrogen) atoms. The van der Waals surface area contributed by atoms with E-state index in [-0.39, 0.29) is 6.03 Å². The number of aromatic nitrogens is 4. The second kappa shape index (κ2) is 6.51. The number of rotatable bonds is 5. The minimum absolute atomic E-state index is 0.0493. The summed E-state index contributed by atoms with van der Waals surface area (Å²) >= 11 is 0. The SMILES string of the molecule is O=C(NCCCc1cnc2ncnn2c1)NC1CCCC1. The number of carbonyl (C=O) groups is 1. The topological polar surface area (TPSA) is 84.2 Å². The predicted molar refractivity (Wildman–Crippen MR) is 77.9 cm³/mol. The third-order valence-electron chi connectivity index (χ3n) is 3.81. The summed E-state index contributed by atoms with van der Waals surface area (Å²) in [6, 6.07) is 0.315. The van der Waals surface area contributed by atoms with Crippen LogP contribution in [0.1, 0.15) is 37.7 Å². The van der Waals surface area contributed by atoms with Crippen molar-refractivity contribution in [1.29, 1.82) is 0 Å². The third-order valence-corrected chi connectivity index (χ3v) is 3.81. The molecule has 112 valence electrons. The molecule has 7 nitrogen and oxygen atoms in total. The van der Waals surface area contributed by atoms with Crippen LogP contribution in [0.5, 0.6) is 0 Å². The number of hydrogen-bond acceptors (Lipinski definition) is 4. The van der Waals surface area contributed by atoms with Crippen molar-refractivity contribution in [2.75, 3.05) is 6.54 Å². The molecule has 0 bridgehead atoms. The first-order valence-corrected chi connectivity index (χ1v) is 7.50. The Labute approximate surface area is 123 Å². The van der Waals surface area contributed by atoms with Crippen LogP contribution in [0, 0.1) is 0 Å². The van der Waals surface area contributed by atoms with Crippen molar-refractivity contribution >= 4 is 11.8 Å². The average molecular weight is 288 g/mol. The molecule has 0 aromatic carbocycles. The number of hydrogen-bond donors (Lipinski definition) is 2. The van der Waals surface area contributed by atoms with Crippen LogP contribution in [0.4, 0.5) is 4.79 Å². The van der Waals surface area contributed by atoms with Gasteiger partial charge in [0.15, 0.2) is 0 Å². The molecule has 1 saturated carbocycles. The Morgan fingerprint density at radius 2 is 2.19 bits per heavy atom. The molecule has 1 aliphatic carbocycles. The number of nitrogens with one attached hydrogen (secondary N) is 2. The second-order valence-corrected chi connectivity index (χ2v) is 5.45. The maximum Gasteiger partial charge on any atom is 0.315 e. The van der Waals surface area contributed by atoms with E-state index in [2.05, 4.69) is 25.7 Å². The van der Waals surface area contributed by atoms with E-state index in [1.807, 2.05) is 12.4 Å². The number of amides is 2.